The van der Waals surface area contributed by atoms with Gasteiger partial charge in [-0.2, -0.15) is 0 Å². The van der Waals surface area contributed by atoms with Crippen LogP contribution in [0.5, 0.6) is 0 Å². The van der Waals surface area contributed by atoms with Crippen molar-refractivity contribution in [2.24, 2.45) is 11.5 Å². The molecule has 0 unspecified atom stereocenters. The van der Waals surface area contributed by atoms with E-state index in [1.807, 2.05) is 11.6 Å². The Bertz CT molecular complexity index is 1890. The standard InChI is InChI=1S/C45H79N11O13S/c1-3-5-7-8-9-10-11-12-13-14-15-16-17-20-39(61)56-70(68,69)24-18-21-38(60)49-27-40(62)51-35(28-57)44(66)53-33(22-23-37(46)59)42(64)54-34(25-31-26-48-30-50-31)43(65)55-36(29-58)45(67)52-32(41(47)63)19-6-4-2/h26,30,32-36,57-58H,3-25,27-29H2,1-2H3,(H2,46,59)(H2,47,63)(H,48,50)(H,49,60)(H,51,62)(H,52,67)(H,53,66)(H,54,64)(H,55,65)(H,56,61)/t32-,33-,34-,35-,36-/m0/s1. The highest BCUT2D eigenvalue weighted by Crippen LogP contribution is 2.13. The van der Waals surface area contributed by atoms with Crippen molar-refractivity contribution in [3.63, 3.8) is 0 Å². The number of rotatable bonds is 41. The SMILES string of the molecule is CCCCCCCCCCCCCCCC(=O)NS(=O)(=O)CCCC(=O)NCC(=O)N[C@@H](CO)C(=O)N[C@@H](CCC(N)=O)C(=O)N[C@@H](Cc1c[nH]cn1)C(=O)N[C@@H](CO)C(=O)N[C@@H](CCCC)C(N)=O. The molecule has 1 aromatic heterocycles. The van der Waals surface area contributed by atoms with E-state index in [1.54, 1.807) is 0 Å². The van der Waals surface area contributed by atoms with Gasteiger partial charge in [0.2, 0.25) is 63.2 Å². The number of aromatic nitrogens is 2. The van der Waals surface area contributed by atoms with Gasteiger partial charge in [-0.05, 0) is 25.7 Å². The fourth-order valence-corrected chi connectivity index (χ4v) is 8.14. The molecule has 0 aliphatic heterocycles. The summed E-state index contributed by atoms with van der Waals surface area (Å²) in [5, 5.41) is 33.8. The van der Waals surface area contributed by atoms with Crippen molar-refractivity contribution in [3.05, 3.63) is 18.2 Å². The van der Waals surface area contributed by atoms with Gasteiger partial charge in [0.25, 0.3) is 0 Å². The average molecular weight is 1010 g/mol. The molecule has 0 saturated carbocycles. The largest absolute Gasteiger partial charge is 0.394 e. The molecule has 0 bridgehead atoms. The van der Waals surface area contributed by atoms with Crippen molar-refractivity contribution >= 4 is 63.2 Å². The minimum Gasteiger partial charge on any atom is -0.394 e. The topological polar surface area (TPSA) is 393 Å². The molecule has 24 nitrogen and oxygen atoms in total. The molecule has 9 amide bonds. The summed E-state index contributed by atoms with van der Waals surface area (Å²) < 4.78 is 26.9. The van der Waals surface area contributed by atoms with Crippen molar-refractivity contribution in [2.75, 3.05) is 25.5 Å². The number of nitrogens with one attached hydrogen (secondary N) is 8. The Balaban J connectivity index is 2.71. The van der Waals surface area contributed by atoms with E-state index in [-0.39, 0.29) is 37.8 Å². The molecule has 0 spiro atoms. The summed E-state index contributed by atoms with van der Waals surface area (Å²) >= 11 is 0. The predicted molar refractivity (Wildman–Crippen MR) is 258 cm³/mol. The van der Waals surface area contributed by atoms with Gasteiger partial charge in [0, 0.05) is 31.9 Å². The molecule has 0 fully saturated rings. The second-order valence-electron chi connectivity index (χ2n) is 17.3. The number of hydrogen-bond donors (Lipinski definition) is 12. The molecule has 0 saturated heterocycles. The van der Waals surface area contributed by atoms with E-state index in [2.05, 4.69) is 48.8 Å². The lowest BCUT2D eigenvalue weighted by Gasteiger charge is -2.26. The van der Waals surface area contributed by atoms with Gasteiger partial charge in [0.15, 0.2) is 0 Å². The van der Waals surface area contributed by atoms with Crippen LogP contribution in [0.15, 0.2) is 12.5 Å². The molecule has 5 atom stereocenters. The first-order valence-corrected chi connectivity index (χ1v) is 26.1. The fraction of sp³-hybridized carbons (Fsp3) is 0.733. The highest BCUT2D eigenvalue weighted by molar-refractivity contribution is 7.90. The minimum atomic E-state index is -4.02. The van der Waals surface area contributed by atoms with Gasteiger partial charge < -0.3 is 58.6 Å². The second-order valence-corrected chi connectivity index (χ2v) is 19.1. The van der Waals surface area contributed by atoms with Gasteiger partial charge in [-0.15, -0.1) is 0 Å². The van der Waals surface area contributed by atoms with Gasteiger partial charge in [0.05, 0.1) is 37.5 Å². The monoisotopic (exact) mass is 1010 g/mol. The number of amides is 9. The molecule has 398 valence electrons. The molecule has 0 aliphatic rings. The molecule has 25 heteroatoms. The minimum absolute atomic E-state index is 0.0591. The smallest absolute Gasteiger partial charge is 0.245 e. The van der Waals surface area contributed by atoms with E-state index in [9.17, 15) is 61.8 Å². The van der Waals surface area contributed by atoms with Crippen molar-refractivity contribution < 1.29 is 61.8 Å². The normalized spacial score (nSPS) is 13.4. The van der Waals surface area contributed by atoms with Crippen LogP contribution in [0.25, 0.3) is 0 Å². The highest BCUT2D eigenvalue weighted by atomic mass is 32.2. The maximum atomic E-state index is 13.7. The van der Waals surface area contributed by atoms with Gasteiger partial charge in [-0.3, -0.25) is 47.9 Å². The highest BCUT2D eigenvalue weighted by Gasteiger charge is 2.33. The summed E-state index contributed by atoms with van der Waals surface area (Å²) in [5.41, 5.74) is 11.0. The zero-order valence-corrected chi connectivity index (χ0v) is 41.6. The van der Waals surface area contributed by atoms with Crippen LogP contribution in [0.1, 0.15) is 154 Å². The van der Waals surface area contributed by atoms with E-state index >= 15 is 0 Å². The fourth-order valence-electron chi connectivity index (χ4n) is 7.06. The molecule has 0 aliphatic carbocycles. The van der Waals surface area contributed by atoms with Gasteiger partial charge >= 0.3 is 0 Å². The molecular formula is C45H79N11O13S. The summed E-state index contributed by atoms with van der Waals surface area (Å²) in [7, 11) is -4.02. The number of nitrogens with two attached hydrogens (primary N) is 2. The van der Waals surface area contributed by atoms with Crippen LogP contribution in [0.3, 0.4) is 0 Å². The lowest BCUT2D eigenvalue weighted by molar-refractivity contribution is -0.136. The van der Waals surface area contributed by atoms with E-state index in [0.29, 0.717) is 19.3 Å². The second kappa shape index (κ2) is 36.3. The van der Waals surface area contributed by atoms with Crippen molar-refractivity contribution in [1.82, 2.24) is 46.6 Å². The number of carbonyl (C=O) groups excluding carboxylic acids is 9. The number of imidazole rings is 1. The molecular weight excluding hydrogens is 935 g/mol. The molecule has 14 N–H and O–H groups in total. The van der Waals surface area contributed by atoms with Crippen LogP contribution in [0.4, 0.5) is 0 Å². The summed E-state index contributed by atoms with van der Waals surface area (Å²) in [4.78, 5) is 121. The first-order chi connectivity index (χ1) is 33.4. The molecule has 1 aromatic rings. The quantitative estimate of drug-likeness (QED) is 0.0355. The van der Waals surface area contributed by atoms with Crippen molar-refractivity contribution in [2.45, 2.75) is 185 Å². The number of primary amides is 2. The number of unbranched alkanes of at least 4 members (excludes halogenated alkanes) is 13. The Hall–Kier alpha value is -5.69. The molecule has 1 heterocycles. The third-order valence-electron chi connectivity index (χ3n) is 11.1. The number of H-pyrrole nitrogens is 1. The summed E-state index contributed by atoms with van der Waals surface area (Å²) in [6.07, 6.45) is 17.2. The lowest BCUT2D eigenvalue weighted by atomic mass is 10.0. The summed E-state index contributed by atoms with van der Waals surface area (Å²) in [6.45, 7) is 1.45. The Morgan fingerprint density at radius 1 is 0.571 bits per heavy atom. The predicted octanol–water partition coefficient (Wildman–Crippen LogP) is -0.875. The zero-order valence-electron chi connectivity index (χ0n) is 40.8. The van der Waals surface area contributed by atoms with Crippen LogP contribution in [-0.2, 0) is 59.6 Å². The summed E-state index contributed by atoms with van der Waals surface area (Å²) in [6, 6.07) is -7.51. The number of sulfonamides is 1. The first-order valence-electron chi connectivity index (χ1n) is 24.4. The lowest BCUT2D eigenvalue weighted by Crippen LogP contribution is -2.60. The molecule has 70 heavy (non-hydrogen) atoms. The van der Waals surface area contributed by atoms with E-state index in [1.165, 1.54) is 63.9 Å². The number of aliphatic hydroxyl groups is 2. The van der Waals surface area contributed by atoms with Gasteiger partial charge in [-0.1, -0.05) is 104 Å². The molecule has 1 rings (SSSR count). The number of aromatic amines is 1. The van der Waals surface area contributed by atoms with Crippen molar-refractivity contribution in [3.8, 4) is 0 Å². The maximum Gasteiger partial charge on any atom is 0.245 e. The zero-order chi connectivity index (χ0) is 52.3. The first kappa shape index (κ1) is 62.3. The summed E-state index contributed by atoms with van der Waals surface area (Å²) in [5.74, 6) is -8.64. The van der Waals surface area contributed by atoms with Crippen LogP contribution in [0, 0.1) is 0 Å². The van der Waals surface area contributed by atoms with Gasteiger partial charge in [0.1, 0.15) is 30.2 Å². The molecule has 0 aromatic carbocycles. The van der Waals surface area contributed by atoms with Crippen LogP contribution in [0.2, 0.25) is 0 Å². The Morgan fingerprint density at radius 3 is 1.59 bits per heavy atom. The third-order valence-corrected chi connectivity index (χ3v) is 12.5. The maximum absolute atomic E-state index is 13.7. The van der Waals surface area contributed by atoms with Crippen LogP contribution >= 0.6 is 0 Å². The van der Waals surface area contributed by atoms with Crippen molar-refractivity contribution in [1.29, 1.82) is 0 Å². The van der Waals surface area contributed by atoms with Crippen LogP contribution < -0.4 is 48.1 Å². The number of carbonyl (C=O) groups is 9. The van der Waals surface area contributed by atoms with Gasteiger partial charge in [-0.25, -0.2) is 13.4 Å². The third kappa shape index (κ3) is 28.7. The Labute approximate surface area is 411 Å². The van der Waals surface area contributed by atoms with E-state index < -0.39 is 132 Å². The Kier molecular flexibility index (Phi) is 32.3. The molecule has 0 radical (unpaired) electrons. The number of aliphatic hydroxyl groups excluding tert-OH is 2. The number of hydrogen-bond acceptors (Lipinski definition) is 14. The average Bonchev–Trinajstić information content (AvgIpc) is 3.83. The van der Waals surface area contributed by atoms with E-state index in [0.717, 1.165) is 25.7 Å². The van der Waals surface area contributed by atoms with Crippen LogP contribution in [-0.4, -0.2) is 137 Å². The Morgan fingerprint density at radius 2 is 1.06 bits per heavy atom. The van der Waals surface area contributed by atoms with E-state index in [4.69, 9.17) is 11.5 Å². The number of nitrogens with zero attached hydrogens (tertiary/aromatic N) is 1.